The molecule has 4 aromatic rings. The van der Waals surface area contributed by atoms with Crippen molar-refractivity contribution in [3.8, 4) is 21.1 Å². The number of aromatic amines is 1. The van der Waals surface area contributed by atoms with Gasteiger partial charge in [0.25, 0.3) is 5.82 Å². The molecule has 1 amide bonds. The van der Waals surface area contributed by atoms with E-state index in [0.717, 1.165) is 58.0 Å². The zero-order valence-electron chi connectivity index (χ0n) is 17.0. The summed E-state index contributed by atoms with van der Waals surface area (Å²) in [6.45, 7) is 3.14. The first-order valence-corrected chi connectivity index (χ1v) is 12.1. The minimum Gasteiger partial charge on any atom is -0.335 e. The van der Waals surface area contributed by atoms with Crippen LogP contribution in [0.4, 0.5) is 5.82 Å². The van der Waals surface area contributed by atoms with Gasteiger partial charge in [0.05, 0.1) is 36.3 Å². The minimum absolute atomic E-state index is 0.178. The molecule has 0 aliphatic carbocycles. The fraction of sp³-hybridized carbons (Fsp3) is 0.208. The molecule has 0 saturated carbocycles. The van der Waals surface area contributed by atoms with E-state index in [1.165, 1.54) is 0 Å². The quantitative estimate of drug-likeness (QED) is 0.460. The van der Waals surface area contributed by atoms with Crippen molar-refractivity contribution in [1.82, 2.24) is 9.88 Å². The molecule has 1 aliphatic rings. The average Bonchev–Trinajstić information content (AvgIpc) is 3.50. The fourth-order valence-corrected chi connectivity index (χ4v) is 5.69. The summed E-state index contributed by atoms with van der Waals surface area (Å²) in [5.41, 5.74) is 2.04. The number of rotatable bonds is 5. The summed E-state index contributed by atoms with van der Waals surface area (Å²) < 4.78 is 0. The number of benzene rings is 1. The summed E-state index contributed by atoms with van der Waals surface area (Å²) in [5, 5.41) is 3.03. The summed E-state index contributed by atoms with van der Waals surface area (Å²) in [5.74, 6) is 1.28. The highest BCUT2D eigenvalue weighted by molar-refractivity contribution is 7.17. The van der Waals surface area contributed by atoms with Crippen LogP contribution in [0.15, 0.2) is 72.2 Å². The van der Waals surface area contributed by atoms with Crippen molar-refractivity contribution in [2.45, 2.75) is 6.42 Å². The molecule has 0 spiro atoms. The van der Waals surface area contributed by atoms with Gasteiger partial charge in [0.2, 0.25) is 5.91 Å². The molecule has 1 saturated heterocycles. The summed E-state index contributed by atoms with van der Waals surface area (Å²) in [4.78, 5) is 27.8. The zero-order chi connectivity index (χ0) is 21.0. The van der Waals surface area contributed by atoms with Crippen molar-refractivity contribution in [2.24, 2.45) is 0 Å². The lowest BCUT2D eigenvalue weighted by Crippen LogP contribution is -2.50. The smallest absolute Gasteiger partial charge is 0.274 e. The second kappa shape index (κ2) is 8.99. The predicted molar refractivity (Wildman–Crippen MR) is 126 cm³/mol. The van der Waals surface area contributed by atoms with Crippen LogP contribution in [0.1, 0.15) is 4.88 Å². The fourth-order valence-electron chi connectivity index (χ4n) is 3.81. The van der Waals surface area contributed by atoms with E-state index in [0.29, 0.717) is 6.42 Å². The molecular formula is C24H23N4OS2+. The van der Waals surface area contributed by atoms with Crippen LogP contribution in [-0.4, -0.2) is 42.0 Å². The number of aromatic nitrogens is 2. The number of amides is 1. The van der Waals surface area contributed by atoms with Crippen LogP contribution in [0.25, 0.3) is 21.1 Å². The molecule has 0 bridgehead atoms. The van der Waals surface area contributed by atoms with Crippen LogP contribution >= 0.6 is 22.7 Å². The van der Waals surface area contributed by atoms with Gasteiger partial charge in [0.1, 0.15) is 18.1 Å². The Balaban J connectivity index is 1.32. The maximum Gasteiger partial charge on any atom is 0.274 e. The van der Waals surface area contributed by atoms with Crippen LogP contribution in [0.2, 0.25) is 0 Å². The standard InChI is InChI=1S/C24H22N4OS2/c29-22(28-14-12-27(13-15-28)21-10-4-5-11-25-21)17-20-23(19-9-6-16-30-19)26-24(31-20)18-7-2-1-3-8-18/h1-11,16H,12-15,17H2/p+1. The second-order valence-corrected chi connectivity index (χ2v) is 9.46. The molecule has 1 N–H and O–H groups in total. The highest BCUT2D eigenvalue weighted by Crippen LogP contribution is 2.36. The van der Waals surface area contributed by atoms with Crippen LogP contribution in [0.5, 0.6) is 0 Å². The number of hydrogen-bond donors (Lipinski definition) is 0. The zero-order valence-corrected chi connectivity index (χ0v) is 18.7. The number of pyridine rings is 1. The Morgan fingerprint density at radius 1 is 0.968 bits per heavy atom. The van der Waals surface area contributed by atoms with Gasteiger partial charge < -0.3 is 4.90 Å². The number of hydrogen-bond acceptors (Lipinski definition) is 5. The van der Waals surface area contributed by atoms with Crippen LogP contribution in [0.3, 0.4) is 0 Å². The number of thiazole rings is 1. The van der Waals surface area contributed by atoms with E-state index in [9.17, 15) is 4.79 Å². The number of carbonyl (C=O) groups excluding carboxylic acids is 1. The number of nitrogens with zero attached hydrogens (tertiary/aromatic N) is 3. The maximum atomic E-state index is 13.2. The van der Waals surface area contributed by atoms with Crippen molar-refractivity contribution in [1.29, 1.82) is 0 Å². The van der Waals surface area contributed by atoms with Crippen molar-refractivity contribution in [3.05, 3.63) is 77.1 Å². The molecule has 31 heavy (non-hydrogen) atoms. The lowest BCUT2D eigenvalue weighted by atomic mass is 10.2. The first kappa shape index (κ1) is 19.9. The van der Waals surface area contributed by atoms with E-state index in [1.54, 1.807) is 22.7 Å². The Labute approximate surface area is 189 Å². The summed E-state index contributed by atoms with van der Waals surface area (Å²) in [7, 11) is 0. The maximum absolute atomic E-state index is 13.2. The third-order valence-electron chi connectivity index (χ3n) is 5.45. The van der Waals surface area contributed by atoms with Crippen molar-refractivity contribution < 1.29 is 9.78 Å². The Morgan fingerprint density at radius 3 is 2.48 bits per heavy atom. The Hall–Kier alpha value is -3.03. The molecule has 0 atom stereocenters. The number of nitrogens with one attached hydrogen (secondary N) is 1. The Kier molecular flexibility index (Phi) is 5.78. The highest BCUT2D eigenvalue weighted by Gasteiger charge is 2.27. The van der Waals surface area contributed by atoms with Crippen LogP contribution in [0, 0.1) is 0 Å². The topological polar surface area (TPSA) is 50.6 Å². The number of anilines is 1. The monoisotopic (exact) mass is 447 g/mol. The summed E-state index contributed by atoms with van der Waals surface area (Å²) >= 11 is 3.30. The van der Waals surface area contributed by atoms with Gasteiger partial charge in [-0.3, -0.25) is 9.69 Å². The largest absolute Gasteiger partial charge is 0.335 e. The van der Waals surface area contributed by atoms with E-state index >= 15 is 0 Å². The number of H-pyrrole nitrogens is 1. The van der Waals surface area contributed by atoms with Crippen molar-refractivity contribution in [3.63, 3.8) is 0 Å². The lowest BCUT2D eigenvalue weighted by molar-refractivity contribution is -0.364. The Bertz CT molecular complexity index is 1140. The molecule has 1 aromatic carbocycles. The number of piperazine rings is 1. The third kappa shape index (κ3) is 4.38. The van der Waals surface area contributed by atoms with E-state index < -0.39 is 0 Å². The molecule has 5 nitrogen and oxygen atoms in total. The van der Waals surface area contributed by atoms with Gasteiger partial charge in [-0.25, -0.2) is 9.97 Å². The minimum atomic E-state index is 0.178. The van der Waals surface area contributed by atoms with Gasteiger partial charge in [-0.1, -0.05) is 42.5 Å². The normalized spacial score (nSPS) is 14.1. The SMILES string of the molecule is O=C(Cc1sc(-c2ccccc2)nc1-c1cccs1)N1CCN(c2cccc[nH+]2)CC1. The second-order valence-electron chi connectivity index (χ2n) is 7.43. The van der Waals surface area contributed by atoms with Crippen LogP contribution in [-0.2, 0) is 11.2 Å². The third-order valence-corrected chi connectivity index (χ3v) is 7.43. The van der Waals surface area contributed by atoms with E-state index in [1.807, 2.05) is 47.5 Å². The van der Waals surface area contributed by atoms with Gasteiger partial charge >= 0.3 is 0 Å². The molecule has 5 rings (SSSR count). The molecular weight excluding hydrogens is 424 g/mol. The first-order chi connectivity index (χ1) is 15.3. The Morgan fingerprint density at radius 2 is 1.77 bits per heavy atom. The predicted octanol–water partition coefficient (Wildman–Crippen LogP) is 4.24. The van der Waals surface area contributed by atoms with E-state index in [4.69, 9.17) is 4.98 Å². The molecule has 1 aliphatic heterocycles. The van der Waals surface area contributed by atoms with Gasteiger partial charge in [0, 0.05) is 16.5 Å². The number of thiophene rings is 1. The van der Waals surface area contributed by atoms with Crippen molar-refractivity contribution in [2.75, 3.05) is 31.1 Å². The lowest BCUT2D eigenvalue weighted by Gasteiger charge is -2.31. The molecule has 1 fully saturated rings. The van der Waals surface area contributed by atoms with Gasteiger partial charge in [-0.15, -0.1) is 22.7 Å². The number of carbonyl (C=O) groups is 1. The first-order valence-electron chi connectivity index (χ1n) is 10.4. The highest BCUT2D eigenvalue weighted by atomic mass is 32.1. The van der Waals surface area contributed by atoms with Gasteiger partial charge in [0.15, 0.2) is 0 Å². The van der Waals surface area contributed by atoms with E-state index in [-0.39, 0.29) is 5.91 Å². The van der Waals surface area contributed by atoms with E-state index in [2.05, 4.69) is 39.5 Å². The van der Waals surface area contributed by atoms with Crippen molar-refractivity contribution >= 4 is 34.4 Å². The molecule has 0 unspecified atom stereocenters. The summed E-state index contributed by atoms with van der Waals surface area (Å²) in [6.07, 6.45) is 2.34. The molecule has 156 valence electrons. The molecule has 4 heterocycles. The average molecular weight is 448 g/mol. The molecule has 7 heteroatoms. The summed E-state index contributed by atoms with van der Waals surface area (Å²) in [6, 6.07) is 20.4. The molecule has 3 aromatic heterocycles. The molecule has 0 radical (unpaired) electrons. The van der Waals surface area contributed by atoms with Gasteiger partial charge in [-0.05, 0) is 17.5 Å². The van der Waals surface area contributed by atoms with Crippen LogP contribution < -0.4 is 9.88 Å². The van der Waals surface area contributed by atoms with Gasteiger partial charge in [-0.2, -0.15) is 0 Å².